The summed E-state index contributed by atoms with van der Waals surface area (Å²) in [6.45, 7) is 0. The molecule has 1 aliphatic carbocycles. The fraction of sp³-hybridized carbons (Fsp3) is 0.250. The summed E-state index contributed by atoms with van der Waals surface area (Å²) < 4.78 is 13.7. The van der Waals surface area contributed by atoms with Gasteiger partial charge in [-0.1, -0.05) is 30.3 Å². The molecule has 2 unspecified atom stereocenters. The van der Waals surface area contributed by atoms with Crippen molar-refractivity contribution in [1.29, 1.82) is 0 Å². The van der Waals surface area contributed by atoms with Crippen LogP contribution in [-0.4, -0.2) is 4.92 Å². The highest BCUT2D eigenvalue weighted by atomic mass is 35.5. The van der Waals surface area contributed by atoms with Crippen LogP contribution in [0.4, 0.5) is 10.1 Å². The third kappa shape index (κ3) is 2.63. The minimum absolute atomic E-state index is 0.0977. The maximum atomic E-state index is 13.7. The molecule has 1 aliphatic rings. The fourth-order valence-electron chi connectivity index (χ4n) is 2.93. The van der Waals surface area contributed by atoms with Gasteiger partial charge in [0.15, 0.2) is 0 Å². The Morgan fingerprint density at radius 3 is 2.71 bits per heavy atom. The van der Waals surface area contributed by atoms with Gasteiger partial charge in [-0.25, -0.2) is 0 Å². The molecule has 3 nitrogen and oxygen atoms in total. The van der Waals surface area contributed by atoms with Gasteiger partial charge in [-0.2, -0.15) is 4.39 Å². The summed E-state index contributed by atoms with van der Waals surface area (Å²) in [7, 11) is 0. The van der Waals surface area contributed by atoms with E-state index >= 15 is 0 Å². The lowest BCUT2D eigenvalue weighted by Gasteiger charge is -2.14. The molecule has 0 heterocycles. The molecule has 2 aromatic carbocycles. The molecular weight excluding hydrogens is 293 g/mol. The number of halogens is 2. The standard InChI is InChI=1S/C16H13ClFNO2/c17-16-12(9-11-3-1-2-4-13(11)16)7-10-5-6-15(19(20)21)14(18)8-10/h1-6,8,12,16H,7,9H2. The largest absolute Gasteiger partial charge is 0.304 e. The molecule has 0 amide bonds. The SMILES string of the molecule is O=[N+]([O-])c1ccc(CC2Cc3ccccc3C2Cl)cc1F. The molecule has 3 rings (SSSR count). The molecule has 0 spiro atoms. The molecule has 0 saturated carbocycles. The van der Waals surface area contributed by atoms with Crippen LogP contribution in [0, 0.1) is 21.8 Å². The monoisotopic (exact) mass is 305 g/mol. The number of alkyl halides is 1. The number of rotatable bonds is 3. The van der Waals surface area contributed by atoms with Crippen molar-refractivity contribution in [3.05, 3.63) is 75.1 Å². The maximum Gasteiger partial charge on any atom is 0.304 e. The van der Waals surface area contributed by atoms with E-state index in [9.17, 15) is 14.5 Å². The van der Waals surface area contributed by atoms with E-state index in [1.54, 1.807) is 6.07 Å². The number of fused-ring (bicyclic) bond motifs is 1. The molecule has 0 aromatic heterocycles. The zero-order valence-electron chi connectivity index (χ0n) is 11.1. The number of hydrogen-bond donors (Lipinski definition) is 0. The van der Waals surface area contributed by atoms with E-state index in [-0.39, 0.29) is 11.3 Å². The minimum Gasteiger partial charge on any atom is -0.258 e. The van der Waals surface area contributed by atoms with Crippen molar-refractivity contribution in [2.24, 2.45) is 5.92 Å². The molecule has 0 radical (unpaired) electrons. The van der Waals surface area contributed by atoms with Crippen molar-refractivity contribution in [3.8, 4) is 0 Å². The van der Waals surface area contributed by atoms with Crippen LogP contribution in [0.3, 0.4) is 0 Å². The van der Waals surface area contributed by atoms with Crippen molar-refractivity contribution in [1.82, 2.24) is 0 Å². The summed E-state index contributed by atoms with van der Waals surface area (Å²) in [5.41, 5.74) is 2.61. The smallest absolute Gasteiger partial charge is 0.258 e. The number of benzene rings is 2. The summed E-state index contributed by atoms with van der Waals surface area (Å²) in [6, 6.07) is 12.1. The Bertz CT molecular complexity index is 704. The highest BCUT2D eigenvalue weighted by molar-refractivity contribution is 6.21. The van der Waals surface area contributed by atoms with Gasteiger partial charge in [0.2, 0.25) is 5.82 Å². The van der Waals surface area contributed by atoms with E-state index in [1.807, 2.05) is 18.2 Å². The van der Waals surface area contributed by atoms with Gasteiger partial charge in [0.25, 0.3) is 0 Å². The molecule has 2 atom stereocenters. The van der Waals surface area contributed by atoms with Crippen LogP contribution >= 0.6 is 11.6 Å². The number of hydrogen-bond acceptors (Lipinski definition) is 2. The predicted molar refractivity (Wildman–Crippen MR) is 79.0 cm³/mol. The lowest BCUT2D eigenvalue weighted by Crippen LogP contribution is -2.07. The highest BCUT2D eigenvalue weighted by Gasteiger charge is 2.30. The second-order valence-corrected chi connectivity index (χ2v) is 5.78. The van der Waals surface area contributed by atoms with Gasteiger partial charge in [0.1, 0.15) is 0 Å². The highest BCUT2D eigenvalue weighted by Crippen LogP contribution is 2.42. The summed E-state index contributed by atoms with van der Waals surface area (Å²) in [5.74, 6) is -0.607. The Balaban J connectivity index is 1.80. The van der Waals surface area contributed by atoms with Gasteiger partial charge < -0.3 is 0 Å². The van der Waals surface area contributed by atoms with Gasteiger partial charge >= 0.3 is 5.69 Å². The van der Waals surface area contributed by atoms with E-state index in [1.165, 1.54) is 17.7 Å². The van der Waals surface area contributed by atoms with Crippen molar-refractivity contribution >= 4 is 17.3 Å². The zero-order valence-corrected chi connectivity index (χ0v) is 11.9. The molecule has 0 bridgehead atoms. The summed E-state index contributed by atoms with van der Waals surface area (Å²) in [4.78, 5) is 9.91. The summed E-state index contributed by atoms with van der Waals surface area (Å²) in [6.07, 6.45) is 1.46. The van der Waals surface area contributed by atoms with Crippen molar-refractivity contribution < 1.29 is 9.31 Å². The summed E-state index contributed by atoms with van der Waals surface area (Å²) in [5, 5.41) is 10.5. The molecular formula is C16H13ClFNO2. The molecule has 108 valence electrons. The van der Waals surface area contributed by atoms with Gasteiger partial charge in [0, 0.05) is 6.07 Å². The van der Waals surface area contributed by atoms with E-state index in [0.29, 0.717) is 6.42 Å². The molecule has 0 N–H and O–H groups in total. The number of nitro groups is 1. The average Bonchev–Trinajstić information content (AvgIpc) is 2.76. The Morgan fingerprint density at radius 1 is 1.29 bits per heavy atom. The van der Waals surface area contributed by atoms with Crippen LogP contribution in [0.5, 0.6) is 0 Å². The molecule has 0 saturated heterocycles. The van der Waals surface area contributed by atoms with E-state index in [0.717, 1.165) is 17.5 Å². The maximum absolute atomic E-state index is 13.7. The van der Waals surface area contributed by atoms with Crippen LogP contribution in [0.2, 0.25) is 0 Å². The van der Waals surface area contributed by atoms with Gasteiger partial charge in [-0.15, -0.1) is 11.6 Å². The fourth-order valence-corrected chi connectivity index (χ4v) is 3.32. The van der Waals surface area contributed by atoms with Crippen LogP contribution in [0.1, 0.15) is 22.1 Å². The third-order valence-corrected chi connectivity index (χ3v) is 4.55. The molecule has 0 fully saturated rings. The average molecular weight is 306 g/mol. The third-order valence-electron chi connectivity index (χ3n) is 3.95. The van der Waals surface area contributed by atoms with Gasteiger partial charge in [-0.05, 0) is 41.5 Å². The first-order valence-electron chi connectivity index (χ1n) is 6.71. The first kappa shape index (κ1) is 14.0. The van der Waals surface area contributed by atoms with Crippen LogP contribution in [-0.2, 0) is 12.8 Å². The summed E-state index contributed by atoms with van der Waals surface area (Å²) >= 11 is 6.48. The first-order valence-corrected chi connectivity index (χ1v) is 7.14. The Labute approximate surface area is 126 Å². The number of nitro benzene ring substituents is 1. The van der Waals surface area contributed by atoms with Crippen molar-refractivity contribution in [2.75, 3.05) is 0 Å². The van der Waals surface area contributed by atoms with Crippen molar-refractivity contribution in [2.45, 2.75) is 18.2 Å². The van der Waals surface area contributed by atoms with Crippen LogP contribution in [0.25, 0.3) is 0 Å². The van der Waals surface area contributed by atoms with Crippen LogP contribution in [0.15, 0.2) is 42.5 Å². The molecule has 2 aromatic rings. The van der Waals surface area contributed by atoms with Crippen LogP contribution < -0.4 is 0 Å². The lowest BCUT2D eigenvalue weighted by molar-refractivity contribution is -0.387. The second-order valence-electron chi connectivity index (χ2n) is 5.31. The Morgan fingerprint density at radius 2 is 2.05 bits per heavy atom. The molecule has 0 aliphatic heterocycles. The predicted octanol–water partition coefficient (Wildman–Crippen LogP) is 4.43. The molecule has 5 heteroatoms. The Kier molecular flexibility index (Phi) is 3.64. The van der Waals surface area contributed by atoms with E-state index in [2.05, 4.69) is 6.07 Å². The Hall–Kier alpha value is -1.94. The van der Waals surface area contributed by atoms with Gasteiger partial charge in [0.05, 0.1) is 10.3 Å². The quantitative estimate of drug-likeness (QED) is 0.478. The lowest BCUT2D eigenvalue weighted by atomic mass is 9.96. The number of nitrogens with zero attached hydrogens (tertiary/aromatic N) is 1. The van der Waals surface area contributed by atoms with E-state index < -0.39 is 16.4 Å². The van der Waals surface area contributed by atoms with Crippen molar-refractivity contribution in [3.63, 3.8) is 0 Å². The van der Waals surface area contributed by atoms with Gasteiger partial charge in [-0.3, -0.25) is 10.1 Å². The molecule has 21 heavy (non-hydrogen) atoms. The zero-order chi connectivity index (χ0) is 15.0. The minimum atomic E-state index is -0.792. The second kappa shape index (κ2) is 5.45. The first-order chi connectivity index (χ1) is 10.1. The topological polar surface area (TPSA) is 43.1 Å². The normalized spacial score (nSPS) is 20.3. The van der Waals surface area contributed by atoms with E-state index in [4.69, 9.17) is 11.6 Å².